The molecule has 118 valence electrons. The number of nitrogens with one attached hydrogen (secondary N) is 1. The molecule has 0 aromatic heterocycles. The lowest BCUT2D eigenvalue weighted by Crippen LogP contribution is -2.50. The van der Waals surface area contributed by atoms with Crippen LogP contribution in [0.15, 0.2) is 0 Å². The number of carboxylic acid groups (broad SMARTS) is 1. The lowest BCUT2D eigenvalue weighted by molar-refractivity contribution is -0.139. The van der Waals surface area contributed by atoms with E-state index >= 15 is 0 Å². The van der Waals surface area contributed by atoms with Crippen LogP contribution >= 0.6 is 0 Å². The maximum absolute atomic E-state index is 12.2. The van der Waals surface area contributed by atoms with Crippen molar-refractivity contribution in [3.05, 3.63) is 0 Å². The van der Waals surface area contributed by atoms with E-state index in [9.17, 15) is 9.59 Å². The summed E-state index contributed by atoms with van der Waals surface area (Å²) in [5.74, 6) is -0.483. The van der Waals surface area contributed by atoms with Crippen LogP contribution in [0, 0.1) is 11.8 Å². The number of aliphatic carboxylic acids is 1. The average Bonchev–Trinajstić information content (AvgIpc) is 2.32. The van der Waals surface area contributed by atoms with Crippen LogP contribution in [0.25, 0.3) is 0 Å². The lowest BCUT2D eigenvalue weighted by atomic mass is 10.0. The van der Waals surface area contributed by atoms with Gasteiger partial charge in [-0.2, -0.15) is 0 Å². The number of rotatable bonds is 9. The Kier molecular flexibility index (Phi) is 8.96. The summed E-state index contributed by atoms with van der Waals surface area (Å²) in [6.45, 7) is 9.34. The van der Waals surface area contributed by atoms with E-state index in [1.807, 2.05) is 27.7 Å². The summed E-state index contributed by atoms with van der Waals surface area (Å²) in [6, 6.07) is -1.19. The van der Waals surface area contributed by atoms with E-state index < -0.39 is 12.0 Å². The standard InChI is InChI=1S/C14H28N2O4/c1-10(2)8-12(13(17)18)15-14(19)16(6-7-20-5)9-11(3)4/h10-12H,6-9H2,1-5H3,(H,15,19)(H,17,18)/t12-/m0/s1. The van der Waals surface area contributed by atoms with Crippen LogP contribution in [-0.4, -0.2) is 54.9 Å². The Hall–Kier alpha value is -1.30. The Balaban J connectivity index is 4.64. The number of hydrogen-bond donors (Lipinski definition) is 2. The van der Waals surface area contributed by atoms with Crippen LogP contribution in [0.2, 0.25) is 0 Å². The summed E-state index contributed by atoms with van der Waals surface area (Å²) in [5, 5.41) is 11.7. The predicted molar refractivity (Wildman–Crippen MR) is 77.7 cm³/mol. The van der Waals surface area contributed by atoms with Gasteiger partial charge in [0, 0.05) is 20.2 Å². The van der Waals surface area contributed by atoms with Gasteiger partial charge in [0.15, 0.2) is 0 Å². The first-order valence-corrected chi connectivity index (χ1v) is 7.05. The molecule has 6 nitrogen and oxygen atoms in total. The highest BCUT2D eigenvalue weighted by molar-refractivity contribution is 5.82. The molecule has 0 radical (unpaired) electrons. The molecule has 0 rings (SSSR count). The smallest absolute Gasteiger partial charge is 0.326 e. The molecule has 0 saturated heterocycles. The Morgan fingerprint density at radius 2 is 1.80 bits per heavy atom. The molecule has 1 atom stereocenters. The number of methoxy groups -OCH3 is 1. The minimum atomic E-state index is -0.997. The molecule has 0 fully saturated rings. The maximum atomic E-state index is 12.2. The third kappa shape index (κ3) is 7.99. The Morgan fingerprint density at radius 1 is 1.20 bits per heavy atom. The molecular formula is C14H28N2O4. The summed E-state index contributed by atoms with van der Waals surface area (Å²) < 4.78 is 4.98. The van der Waals surface area contributed by atoms with E-state index in [0.717, 1.165) is 0 Å². The van der Waals surface area contributed by atoms with Gasteiger partial charge in [-0.15, -0.1) is 0 Å². The van der Waals surface area contributed by atoms with Crippen LogP contribution in [0.1, 0.15) is 34.1 Å². The molecule has 0 aromatic carbocycles. The molecule has 0 spiro atoms. The molecule has 0 unspecified atom stereocenters. The summed E-state index contributed by atoms with van der Waals surface area (Å²) >= 11 is 0. The van der Waals surface area contributed by atoms with Crippen LogP contribution < -0.4 is 5.32 Å². The van der Waals surface area contributed by atoms with Gasteiger partial charge in [0.2, 0.25) is 0 Å². The highest BCUT2D eigenvalue weighted by atomic mass is 16.5. The first kappa shape index (κ1) is 18.7. The van der Waals surface area contributed by atoms with Crippen LogP contribution in [0.3, 0.4) is 0 Å². The number of amides is 2. The van der Waals surface area contributed by atoms with Crippen LogP contribution in [0.4, 0.5) is 4.79 Å². The van der Waals surface area contributed by atoms with Crippen molar-refractivity contribution in [3.63, 3.8) is 0 Å². The number of ether oxygens (including phenoxy) is 1. The summed E-state index contributed by atoms with van der Waals surface area (Å²) in [4.78, 5) is 24.9. The molecule has 0 aliphatic heterocycles. The Morgan fingerprint density at radius 3 is 2.20 bits per heavy atom. The van der Waals surface area contributed by atoms with Gasteiger partial charge >= 0.3 is 12.0 Å². The number of carbonyl (C=O) groups excluding carboxylic acids is 1. The Bertz CT molecular complexity index is 306. The van der Waals surface area contributed by atoms with Gasteiger partial charge in [-0.05, 0) is 18.3 Å². The minimum Gasteiger partial charge on any atom is -0.480 e. The van der Waals surface area contributed by atoms with E-state index in [1.54, 1.807) is 12.0 Å². The summed E-state index contributed by atoms with van der Waals surface area (Å²) in [7, 11) is 1.57. The van der Waals surface area contributed by atoms with Gasteiger partial charge < -0.3 is 20.1 Å². The van der Waals surface area contributed by atoms with Crippen molar-refractivity contribution in [2.45, 2.75) is 40.2 Å². The fourth-order valence-corrected chi connectivity index (χ4v) is 1.85. The quantitative estimate of drug-likeness (QED) is 0.678. The van der Waals surface area contributed by atoms with E-state index in [4.69, 9.17) is 9.84 Å². The van der Waals surface area contributed by atoms with E-state index in [1.165, 1.54) is 0 Å². The van der Waals surface area contributed by atoms with Gasteiger partial charge in [-0.1, -0.05) is 27.7 Å². The number of hydrogen-bond acceptors (Lipinski definition) is 3. The van der Waals surface area contributed by atoms with Crippen molar-refractivity contribution < 1.29 is 19.4 Å². The van der Waals surface area contributed by atoms with Crippen molar-refractivity contribution in [3.8, 4) is 0 Å². The van der Waals surface area contributed by atoms with Gasteiger partial charge in [0.1, 0.15) is 6.04 Å². The molecular weight excluding hydrogens is 260 g/mol. The third-order valence-electron chi connectivity index (χ3n) is 2.74. The second kappa shape index (κ2) is 9.58. The highest BCUT2D eigenvalue weighted by Crippen LogP contribution is 2.07. The van der Waals surface area contributed by atoms with Crippen molar-refractivity contribution in [2.75, 3.05) is 26.8 Å². The number of urea groups is 1. The van der Waals surface area contributed by atoms with Crippen molar-refractivity contribution in [2.24, 2.45) is 11.8 Å². The summed E-state index contributed by atoms with van der Waals surface area (Å²) in [6.07, 6.45) is 0.418. The van der Waals surface area contributed by atoms with Gasteiger partial charge in [-0.3, -0.25) is 0 Å². The van der Waals surface area contributed by atoms with Crippen molar-refractivity contribution in [1.29, 1.82) is 0 Å². The van der Waals surface area contributed by atoms with Crippen LogP contribution in [-0.2, 0) is 9.53 Å². The number of carboxylic acids is 1. The van der Waals surface area contributed by atoms with E-state index in [0.29, 0.717) is 32.0 Å². The molecule has 0 aliphatic carbocycles. The van der Waals surface area contributed by atoms with Crippen molar-refractivity contribution in [1.82, 2.24) is 10.2 Å². The molecule has 6 heteroatoms. The predicted octanol–water partition coefficient (Wildman–Crippen LogP) is 1.80. The number of nitrogens with zero attached hydrogens (tertiary/aromatic N) is 1. The molecule has 2 amide bonds. The zero-order valence-electron chi connectivity index (χ0n) is 13.2. The van der Waals surface area contributed by atoms with E-state index in [2.05, 4.69) is 5.32 Å². The SMILES string of the molecule is COCCN(CC(C)C)C(=O)N[C@@H](CC(C)C)C(=O)O. The van der Waals surface area contributed by atoms with Gasteiger partial charge in [0.25, 0.3) is 0 Å². The second-order valence-corrected chi connectivity index (χ2v) is 5.80. The second-order valence-electron chi connectivity index (χ2n) is 5.80. The topological polar surface area (TPSA) is 78.9 Å². The Labute approximate surface area is 121 Å². The zero-order valence-corrected chi connectivity index (χ0v) is 13.2. The fourth-order valence-electron chi connectivity index (χ4n) is 1.85. The molecule has 0 heterocycles. The first-order chi connectivity index (χ1) is 9.27. The molecule has 20 heavy (non-hydrogen) atoms. The first-order valence-electron chi connectivity index (χ1n) is 7.05. The molecule has 0 aliphatic rings. The van der Waals surface area contributed by atoms with Gasteiger partial charge in [0.05, 0.1) is 6.61 Å². The lowest BCUT2D eigenvalue weighted by Gasteiger charge is -2.27. The minimum absolute atomic E-state index is 0.203. The van der Waals surface area contributed by atoms with Gasteiger partial charge in [-0.25, -0.2) is 9.59 Å². The van der Waals surface area contributed by atoms with Crippen LogP contribution in [0.5, 0.6) is 0 Å². The van der Waals surface area contributed by atoms with E-state index in [-0.39, 0.29) is 11.9 Å². The zero-order chi connectivity index (χ0) is 15.7. The maximum Gasteiger partial charge on any atom is 0.326 e. The average molecular weight is 288 g/mol. The molecule has 0 aromatic rings. The molecule has 0 bridgehead atoms. The molecule has 2 N–H and O–H groups in total. The highest BCUT2D eigenvalue weighted by Gasteiger charge is 2.24. The fraction of sp³-hybridized carbons (Fsp3) is 0.857. The normalized spacial score (nSPS) is 12.6. The third-order valence-corrected chi connectivity index (χ3v) is 2.74. The summed E-state index contributed by atoms with van der Waals surface area (Å²) in [5.41, 5.74) is 0. The van der Waals surface area contributed by atoms with Crippen molar-refractivity contribution >= 4 is 12.0 Å². The monoisotopic (exact) mass is 288 g/mol. The largest absolute Gasteiger partial charge is 0.480 e. The molecule has 0 saturated carbocycles. The number of carbonyl (C=O) groups is 2.